The van der Waals surface area contributed by atoms with Gasteiger partial charge in [-0.25, -0.2) is 0 Å². The molecule has 1 aromatic heterocycles. The minimum atomic E-state index is -0.805. The molecule has 2 aromatic carbocycles. The minimum absolute atomic E-state index is 0.0676. The Morgan fingerprint density at radius 3 is 2.62 bits per heavy atom. The molecule has 0 aliphatic carbocycles. The molecule has 1 aliphatic rings. The lowest BCUT2D eigenvalue weighted by Gasteiger charge is -2.26. The lowest BCUT2D eigenvalue weighted by Crippen LogP contribution is -2.26. The van der Waals surface area contributed by atoms with E-state index in [9.17, 15) is 9.59 Å². The van der Waals surface area contributed by atoms with Crippen LogP contribution in [0.5, 0.6) is 5.75 Å². The van der Waals surface area contributed by atoms with E-state index >= 15 is 0 Å². The van der Waals surface area contributed by atoms with E-state index in [1.165, 1.54) is 18.2 Å². The van der Waals surface area contributed by atoms with Gasteiger partial charge in [0.05, 0.1) is 24.0 Å². The Hall–Kier alpha value is -4.25. The van der Waals surface area contributed by atoms with Gasteiger partial charge in [-0.3, -0.25) is 9.59 Å². The van der Waals surface area contributed by atoms with E-state index in [0.29, 0.717) is 22.7 Å². The van der Waals surface area contributed by atoms with Crippen LogP contribution in [-0.4, -0.2) is 59.6 Å². The zero-order chi connectivity index (χ0) is 24.2. The molecule has 0 atom stereocenters. The van der Waals surface area contributed by atoms with Crippen molar-refractivity contribution in [3.8, 4) is 5.75 Å². The summed E-state index contributed by atoms with van der Waals surface area (Å²) in [5.41, 5.74) is 9.21. The van der Waals surface area contributed by atoms with Gasteiger partial charge in [-0.2, -0.15) is 4.98 Å². The SMILES string of the molecule is CNC(=O)c1ccccc1Nc1nc(Nc2cc3c(cc2OC)CCN(C)C3)nnc1C(N)=O. The van der Waals surface area contributed by atoms with Crippen LogP contribution in [0.2, 0.25) is 0 Å². The molecule has 0 radical (unpaired) electrons. The predicted molar refractivity (Wildman–Crippen MR) is 128 cm³/mol. The number of fused-ring (bicyclic) bond motifs is 1. The van der Waals surface area contributed by atoms with Crippen molar-refractivity contribution >= 4 is 35.0 Å². The highest BCUT2D eigenvalue weighted by Crippen LogP contribution is 2.33. The average molecular weight is 463 g/mol. The van der Waals surface area contributed by atoms with Crippen LogP contribution in [0.1, 0.15) is 32.0 Å². The highest BCUT2D eigenvalue weighted by atomic mass is 16.5. The van der Waals surface area contributed by atoms with Crippen molar-refractivity contribution in [2.75, 3.05) is 38.4 Å². The summed E-state index contributed by atoms with van der Waals surface area (Å²) < 4.78 is 5.57. The molecule has 0 saturated heterocycles. The molecule has 2 heterocycles. The van der Waals surface area contributed by atoms with Crippen LogP contribution in [0.3, 0.4) is 0 Å². The van der Waals surface area contributed by atoms with E-state index in [1.807, 2.05) is 12.1 Å². The second kappa shape index (κ2) is 9.71. The smallest absolute Gasteiger partial charge is 0.273 e. The number of amides is 2. The van der Waals surface area contributed by atoms with Gasteiger partial charge in [0, 0.05) is 20.1 Å². The van der Waals surface area contributed by atoms with Gasteiger partial charge in [0.2, 0.25) is 5.95 Å². The summed E-state index contributed by atoms with van der Waals surface area (Å²) in [7, 11) is 5.20. The van der Waals surface area contributed by atoms with Crippen LogP contribution >= 0.6 is 0 Å². The Balaban J connectivity index is 1.70. The maximum atomic E-state index is 12.2. The van der Waals surface area contributed by atoms with Crippen molar-refractivity contribution in [2.45, 2.75) is 13.0 Å². The van der Waals surface area contributed by atoms with E-state index < -0.39 is 5.91 Å². The van der Waals surface area contributed by atoms with Gasteiger partial charge < -0.3 is 31.3 Å². The minimum Gasteiger partial charge on any atom is -0.495 e. The molecule has 34 heavy (non-hydrogen) atoms. The normalized spacial score (nSPS) is 13.0. The Labute approximate surface area is 196 Å². The van der Waals surface area contributed by atoms with Gasteiger partial charge in [-0.15, -0.1) is 10.2 Å². The van der Waals surface area contributed by atoms with Gasteiger partial charge in [-0.1, -0.05) is 12.1 Å². The number of aromatic nitrogens is 3. The molecular formula is C23H26N8O3. The zero-order valence-electron chi connectivity index (χ0n) is 19.2. The number of carbonyl (C=O) groups is 2. The summed E-state index contributed by atoms with van der Waals surface area (Å²) in [5.74, 6) is -0.260. The summed E-state index contributed by atoms with van der Waals surface area (Å²) in [6, 6.07) is 10.8. The molecule has 0 spiro atoms. The summed E-state index contributed by atoms with van der Waals surface area (Å²) in [5, 5.41) is 16.7. The number of nitrogens with one attached hydrogen (secondary N) is 3. The first kappa shape index (κ1) is 22.9. The fourth-order valence-electron chi connectivity index (χ4n) is 3.80. The summed E-state index contributed by atoms with van der Waals surface area (Å²) in [4.78, 5) is 30.9. The lowest BCUT2D eigenvalue weighted by molar-refractivity contribution is 0.0962. The van der Waals surface area contributed by atoms with E-state index in [4.69, 9.17) is 10.5 Å². The molecular weight excluding hydrogens is 436 g/mol. The maximum absolute atomic E-state index is 12.2. The fraction of sp³-hybridized carbons (Fsp3) is 0.261. The molecule has 0 bridgehead atoms. The molecule has 176 valence electrons. The molecule has 0 fully saturated rings. The number of anilines is 4. The van der Waals surface area contributed by atoms with Crippen molar-refractivity contribution in [3.05, 3.63) is 58.8 Å². The van der Waals surface area contributed by atoms with Crippen LogP contribution in [0, 0.1) is 0 Å². The standard InChI is InChI=1S/C23H26N8O3/c1-25-22(33)15-6-4-5-7-16(15)26-21-19(20(24)32)29-30-23(28-21)27-17-10-14-12-31(2)9-8-13(14)11-18(17)34-3/h4-7,10-11H,8-9,12H2,1-3H3,(H2,24,32)(H,25,33)(H2,26,27,28,30). The van der Waals surface area contributed by atoms with Gasteiger partial charge >= 0.3 is 0 Å². The average Bonchev–Trinajstić information content (AvgIpc) is 2.83. The number of methoxy groups -OCH3 is 1. The molecule has 0 saturated carbocycles. The molecule has 11 nitrogen and oxygen atoms in total. The number of ether oxygens (including phenoxy) is 1. The van der Waals surface area contributed by atoms with E-state index in [0.717, 1.165) is 19.5 Å². The molecule has 2 amide bonds. The summed E-state index contributed by atoms with van der Waals surface area (Å²) in [6.07, 6.45) is 0.937. The molecule has 4 rings (SSSR count). The van der Waals surface area contributed by atoms with Crippen molar-refractivity contribution in [1.82, 2.24) is 25.4 Å². The number of para-hydroxylation sites is 1. The van der Waals surface area contributed by atoms with Crippen LogP contribution in [0.15, 0.2) is 36.4 Å². The third kappa shape index (κ3) is 4.74. The second-order valence-electron chi connectivity index (χ2n) is 7.88. The van der Waals surface area contributed by atoms with Crippen LogP contribution in [0.25, 0.3) is 0 Å². The summed E-state index contributed by atoms with van der Waals surface area (Å²) in [6.45, 7) is 1.80. The maximum Gasteiger partial charge on any atom is 0.273 e. The quantitative estimate of drug-likeness (QED) is 0.413. The van der Waals surface area contributed by atoms with Crippen LogP contribution in [0.4, 0.5) is 23.1 Å². The lowest BCUT2D eigenvalue weighted by atomic mass is 9.99. The molecule has 11 heteroatoms. The number of carbonyl (C=O) groups excluding carboxylic acids is 2. The third-order valence-corrected chi connectivity index (χ3v) is 5.54. The molecule has 5 N–H and O–H groups in total. The summed E-state index contributed by atoms with van der Waals surface area (Å²) >= 11 is 0. The predicted octanol–water partition coefficient (Wildman–Crippen LogP) is 1.81. The molecule has 3 aromatic rings. The Morgan fingerprint density at radius 1 is 1.09 bits per heavy atom. The number of primary amides is 1. The number of nitrogens with zero attached hydrogens (tertiary/aromatic N) is 4. The Morgan fingerprint density at radius 2 is 1.88 bits per heavy atom. The number of hydrogen-bond donors (Lipinski definition) is 4. The molecule has 0 unspecified atom stereocenters. The van der Waals surface area contributed by atoms with E-state index in [-0.39, 0.29) is 23.4 Å². The first-order valence-electron chi connectivity index (χ1n) is 10.7. The third-order valence-electron chi connectivity index (χ3n) is 5.54. The van der Waals surface area contributed by atoms with Crippen LogP contribution in [-0.2, 0) is 13.0 Å². The number of benzene rings is 2. The van der Waals surface area contributed by atoms with Crippen molar-refractivity contribution in [3.63, 3.8) is 0 Å². The highest BCUT2D eigenvalue weighted by molar-refractivity contribution is 6.01. The zero-order valence-corrected chi connectivity index (χ0v) is 19.2. The van der Waals surface area contributed by atoms with Gasteiger partial charge in [-0.05, 0) is 48.9 Å². The second-order valence-corrected chi connectivity index (χ2v) is 7.88. The van der Waals surface area contributed by atoms with Crippen molar-refractivity contribution in [2.24, 2.45) is 5.73 Å². The van der Waals surface area contributed by atoms with Crippen molar-refractivity contribution < 1.29 is 14.3 Å². The fourth-order valence-corrected chi connectivity index (χ4v) is 3.80. The van der Waals surface area contributed by atoms with E-state index in [2.05, 4.69) is 43.1 Å². The van der Waals surface area contributed by atoms with Crippen LogP contribution < -0.4 is 26.4 Å². The highest BCUT2D eigenvalue weighted by Gasteiger charge is 2.20. The van der Waals surface area contributed by atoms with Gasteiger partial charge in [0.1, 0.15) is 5.75 Å². The first-order chi connectivity index (χ1) is 16.4. The van der Waals surface area contributed by atoms with Crippen molar-refractivity contribution in [1.29, 1.82) is 0 Å². The topological polar surface area (TPSA) is 147 Å². The number of hydrogen-bond acceptors (Lipinski definition) is 9. The van der Waals surface area contributed by atoms with Gasteiger partial charge in [0.15, 0.2) is 11.5 Å². The van der Waals surface area contributed by atoms with Gasteiger partial charge in [0.25, 0.3) is 11.8 Å². The largest absolute Gasteiger partial charge is 0.495 e. The Kier molecular flexibility index (Phi) is 6.55. The number of nitrogens with two attached hydrogens (primary N) is 1. The molecule has 1 aliphatic heterocycles. The van der Waals surface area contributed by atoms with E-state index in [1.54, 1.807) is 31.4 Å². The Bertz CT molecular complexity index is 1250. The first-order valence-corrected chi connectivity index (χ1v) is 10.7. The number of likely N-dealkylation sites (N-methyl/N-ethyl adjacent to an activating group) is 1. The monoisotopic (exact) mass is 462 g/mol. The number of rotatable bonds is 7.